The fourth-order valence-corrected chi connectivity index (χ4v) is 3.92. The summed E-state index contributed by atoms with van der Waals surface area (Å²) in [6, 6.07) is -0.630. The van der Waals surface area contributed by atoms with Crippen LogP contribution in [-0.4, -0.2) is 44.1 Å². The molecule has 0 aromatic rings. The Morgan fingerprint density at radius 3 is 2.30 bits per heavy atom. The molecule has 1 aliphatic rings. The van der Waals surface area contributed by atoms with Crippen LogP contribution in [0.5, 0.6) is 0 Å². The molecule has 0 aromatic carbocycles. The molecular formula is C14H28N2O3S. The van der Waals surface area contributed by atoms with Gasteiger partial charge in [0.05, 0.1) is 5.75 Å². The number of carbonyl (C=O) groups excluding carboxylic acids is 1. The van der Waals surface area contributed by atoms with Crippen molar-refractivity contribution in [2.24, 2.45) is 5.92 Å². The fourth-order valence-electron chi connectivity index (χ4n) is 2.37. The van der Waals surface area contributed by atoms with Crippen molar-refractivity contribution in [1.82, 2.24) is 9.62 Å². The molecule has 1 amide bonds. The van der Waals surface area contributed by atoms with E-state index in [1.54, 1.807) is 4.90 Å². The smallest absolute Gasteiger partial charge is 0.241 e. The second-order valence-electron chi connectivity index (χ2n) is 5.90. The molecule has 1 saturated heterocycles. The molecule has 1 aliphatic heterocycles. The van der Waals surface area contributed by atoms with Crippen LogP contribution < -0.4 is 4.72 Å². The van der Waals surface area contributed by atoms with Crippen LogP contribution in [0.4, 0.5) is 0 Å². The van der Waals surface area contributed by atoms with Crippen LogP contribution in [0.25, 0.3) is 0 Å². The second-order valence-corrected chi connectivity index (χ2v) is 7.77. The first-order chi connectivity index (χ1) is 9.37. The highest BCUT2D eigenvalue weighted by Gasteiger charge is 2.31. The highest BCUT2D eigenvalue weighted by molar-refractivity contribution is 7.89. The normalized spacial score (nSPS) is 18.3. The lowest BCUT2D eigenvalue weighted by Gasteiger charge is -2.32. The summed E-state index contributed by atoms with van der Waals surface area (Å²) in [5.41, 5.74) is 0. The minimum atomic E-state index is -3.37. The number of hydrogen-bond donors (Lipinski definition) is 1. The minimum Gasteiger partial charge on any atom is -0.341 e. The maximum absolute atomic E-state index is 12.5. The summed E-state index contributed by atoms with van der Waals surface area (Å²) in [5.74, 6) is -0.0133. The van der Waals surface area contributed by atoms with Gasteiger partial charge in [-0.3, -0.25) is 4.79 Å². The third kappa shape index (κ3) is 5.40. The van der Waals surface area contributed by atoms with Crippen molar-refractivity contribution in [2.75, 3.05) is 18.8 Å². The highest BCUT2D eigenvalue weighted by Crippen LogP contribution is 2.14. The summed E-state index contributed by atoms with van der Waals surface area (Å²) >= 11 is 0. The molecule has 0 spiro atoms. The van der Waals surface area contributed by atoms with Crippen LogP contribution in [0, 0.1) is 5.92 Å². The predicted octanol–water partition coefficient (Wildman–Crippen LogP) is 1.74. The molecule has 1 atom stereocenters. The van der Waals surface area contributed by atoms with Gasteiger partial charge in [0.1, 0.15) is 6.04 Å². The average Bonchev–Trinajstić information content (AvgIpc) is 2.43. The molecule has 1 rings (SSSR count). The molecule has 0 aliphatic carbocycles. The first-order valence-corrected chi connectivity index (χ1v) is 9.31. The first kappa shape index (κ1) is 17.4. The van der Waals surface area contributed by atoms with Gasteiger partial charge in [0.2, 0.25) is 15.9 Å². The zero-order valence-electron chi connectivity index (χ0n) is 12.9. The first-order valence-electron chi connectivity index (χ1n) is 7.66. The van der Waals surface area contributed by atoms with E-state index in [1.807, 2.05) is 20.8 Å². The standard InChI is InChI=1S/C14H28N2O3S/c1-4-5-11-20(18,19)15-13(12(2)3)14(17)16-9-7-6-8-10-16/h12-13,15H,4-11H2,1-3H3/t13-/m1/s1. The predicted molar refractivity (Wildman–Crippen MR) is 80.9 cm³/mol. The summed E-state index contributed by atoms with van der Waals surface area (Å²) in [6.45, 7) is 7.22. The van der Waals surface area contributed by atoms with Gasteiger partial charge in [0.15, 0.2) is 0 Å². The molecule has 1 heterocycles. The van der Waals surface area contributed by atoms with E-state index in [0.717, 1.165) is 38.8 Å². The molecule has 0 radical (unpaired) electrons. The van der Waals surface area contributed by atoms with Gasteiger partial charge in [0, 0.05) is 13.1 Å². The molecule has 0 aromatic heterocycles. The maximum Gasteiger partial charge on any atom is 0.241 e. The van der Waals surface area contributed by atoms with Crippen molar-refractivity contribution in [3.8, 4) is 0 Å². The van der Waals surface area contributed by atoms with Crippen molar-refractivity contribution in [3.63, 3.8) is 0 Å². The topological polar surface area (TPSA) is 66.5 Å². The van der Waals surface area contributed by atoms with Crippen LogP contribution in [0.1, 0.15) is 52.9 Å². The van der Waals surface area contributed by atoms with Gasteiger partial charge in [-0.2, -0.15) is 0 Å². The van der Waals surface area contributed by atoms with Gasteiger partial charge in [-0.25, -0.2) is 13.1 Å². The molecule has 118 valence electrons. The fraction of sp³-hybridized carbons (Fsp3) is 0.929. The van der Waals surface area contributed by atoms with Crippen molar-refractivity contribution in [1.29, 1.82) is 0 Å². The van der Waals surface area contributed by atoms with Crippen molar-refractivity contribution < 1.29 is 13.2 Å². The molecular weight excluding hydrogens is 276 g/mol. The van der Waals surface area contributed by atoms with Crippen LogP contribution in [0.2, 0.25) is 0 Å². The van der Waals surface area contributed by atoms with E-state index in [-0.39, 0.29) is 17.6 Å². The lowest BCUT2D eigenvalue weighted by Crippen LogP contribution is -2.52. The Bertz CT molecular complexity index is 401. The Balaban J connectivity index is 2.70. The summed E-state index contributed by atoms with van der Waals surface area (Å²) in [6.07, 6.45) is 4.63. The summed E-state index contributed by atoms with van der Waals surface area (Å²) in [7, 11) is -3.37. The number of likely N-dealkylation sites (tertiary alicyclic amines) is 1. The largest absolute Gasteiger partial charge is 0.341 e. The number of piperidine rings is 1. The Hall–Kier alpha value is -0.620. The maximum atomic E-state index is 12.5. The molecule has 1 fully saturated rings. The van der Waals surface area contributed by atoms with Crippen molar-refractivity contribution in [2.45, 2.75) is 58.9 Å². The van der Waals surface area contributed by atoms with E-state index in [4.69, 9.17) is 0 Å². The van der Waals surface area contributed by atoms with Gasteiger partial charge >= 0.3 is 0 Å². The number of hydrogen-bond acceptors (Lipinski definition) is 3. The Labute approximate surface area is 123 Å². The van der Waals surface area contributed by atoms with Crippen LogP contribution in [-0.2, 0) is 14.8 Å². The third-order valence-electron chi connectivity index (χ3n) is 3.67. The SMILES string of the molecule is CCCCS(=O)(=O)N[C@@H](C(=O)N1CCCCC1)C(C)C. The molecule has 20 heavy (non-hydrogen) atoms. The monoisotopic (exact) mass is 304 g/mol. The molecule has 0 saturated carbocycles. The zero-order chi connectivity index (χ0) is 15.2. The van der Waals surface area contributed by atoms with Gasteiger partial charge in [-0.05, 0) is 31.6 Å². The van der Waals surface area contributed by atoms with Gasteiger partial charge in [-0.15, -0.1) is 0 Å². The Morgan fingerprint density at radius 2 is 1.80 bits per heavy atom. The lowest BCUT2D eigenvalue weighted by atomic mass is 10.0. The van der Waals surface area contributed by atoms with Gasteiger partial charge < -0.3 is 4.90 Å². The van der Waals surface area contributed by atoms with Crippen LogP contribution >= 0.6 is 0 Å². The molecule has 0 unspecified atom stereocenters. The minimum absolute atomic E-state index is 0.0409. The van der Waals surface area contributed by atoms with E-state index >= 15 is 0 Å². The number of amides is 1. The average molecular weight is 304 g/mol. The molecule has 6 heteroatoms. The van der Waals surface area contributed by atoms with Crippen LogP contribution in [0.3, 0.4) is 0 Å². The van der Waals surface area contributed by atoms with E-state index in [9.17, 15) is 13.2 Å². The molecule has 0 bridgehead atoms. The molecule has 5 nitrogen and oxygen atoms in total. The quantitative estimate of drug-likeness (QED) is 0.779. The van der Waals surface area contributed by atoms with Gasteiger partial charge in [0.25, 0.3) is 0 Å². The second kappa shape index (κ2) is 7.98. The van der Waals surface area contributed by atoms with Gasteiger partial charge in [-0.1, -0.05) is 27.2 Å². The van der Waals surface area contributed by atoms with Crippen molar-refractivity contribution in [3.05, 3.63) is 0 Å². The van der Waals surface area contributed by atoms with E-state index in [0.29, 0.717) is 6.42 Å². The van der Waals surface area contributed by atoms with E-state index < -0.39 is 16.1 Å². The zero-order valence-corrected chi connectivity index (χ0v) is 13.7. The number of unbranched alkanes of at least 4 members (excludes halogenated alkanes) is 1. The van der Waals surface area contributed by atoms with E-state index in [2.05, 4.69) is 4.72 Å². The number of nitrogens with one attached hydrogen (secondary N) is 1. The molecule has 1 N–H and O–H groups in total. The van der Waals surface area contributed by atoms with E-state index in [1.165, 1.54) is 0 Å². The van der Waals surface area contributed by atoms with Crippen molar-refractivity contribution >= 4 is 15.9 Å². The Kier molecular flexibility index (Phi) is 6.95. The van der Waals surface area contributed by atoms with Crippen LogP contribution in [0.15, 0.2) is 0 Å². The number of sulfonamides is 1. The number of rotatable bonds is 7. The highest BCUT2D eigenvalue weighted by atomic mass is 32.2. The summed E-state index contributed by atoms with van der Waals surface area (Å²) < 4.78 is 26.6. The third-order valence-corrected chi connectivity index (χ3v) is 5.11. The lowest BCUT2D eigenvalue weighted by molar-refractivity contribution is -0.134. The Morgan fingerprint density at radius 1 is 1.20 bits per heavy atom. The summed E-state index contributed by atoms with van der Waals surface area (Å²) in [5, 5.41) is 0. The number of carbonyl (C=O) groups is 1. The number of nitrogens with zero attached hydrogens (tertiary/aromatic N) is 1. The summed E-state index contributed by atoms with van der Waals surface area (Å²) in [4.78, 5) is 14.3.